The van der Waals surface area contributed by atoms with E-state index in [1.165, 1.54) is 0 Å². The number of anilines is 1. The predicted octanol–water partition coefficient (Wildman–Crippen LogP) is 4.30. The number of benzene rings is 1. The van der Waals surface area contributed by atoms with Crippen molar-refractivity contribution >= 4 is 40.0 Å². The van der Waals surface area contributed by atoms with Crippen LogP contribution < -0.4 is 5.73 Å². The van der Waals surface area contributed by atoms with Crippen molar-refractivity contribution in [1.82, 2.24) is 9.78 Å². The highest BCUT2D eigenvalue weighted by Gasteiger charge is 2.20. The Labute approximate surface area is 132 Å². The molecule has 2 N–H and O–H groups in total. The van der Waals surface area contributed by atoms with E-state index in [0.29, 0.717) is 10.8 Å². The number of aromatic nitrogens is 2. The molecule has 2 rings (SSSR count). The van der Waals surface area contributed by atoms with Gasteiger partial charge in [0.25, 0.3) is 0 Å². The Morgan fingerprint density at radius 2 is 2.05 bits per heavy atom. The Bertz CT molecular complexity index is 599. The summed E-state index contributed by atoms with van der Waals surface area (Å²) in [6, 6.07) is 7.55. The fourth-order valence-electron chi connectivity index (χ4n) is 1.88. The maximum absolute atomic E-state index is 6.15. The van der Waals surface area contributed by atoms with Gasteiger partial charge >= 0.3 is 0 Å². The fraction of sp³-hybridized carbons (Fsp3) is 0.357. The highest BCUT2D eigenvalue weighted by molar-refractivity contribution is 14.1. The number of nitrogens with two attached hydrogens (primary N) is 1. The molecule has 0 bridgehead atoms. The van der Waals surface area contributed by atoms with Gasteiger partial charge in [-0.15, -0.1) is 0 Å². The molecule has 0 aliphatic rings. The van der Waals surface area contributed by atoms with E-state index in [1.54, 1.807) is 4.68 Å². The summed E-state index contributed by atoms with van der Waals surface area (Å²) in [5, 5.41) is 5.31. The summed E-state index contributed by atoms with van der Waals surface area (Å²) in [5.74, 6) is 0.669. The molecule has 0 unspecified atom stereocenters. The second kappa shape index (κ2) is 5.32. The van der Waals surface area contributed by atoms with Crippen molar-refractivity contribution in [2.75, 3.05) is 5.73 Å². The SMILES string of the molecule is CC(C)(C)Cc1nn(-c2cccc(Cl)c2)c(N)c1I. The van der Waals surface area contributed by atoms with E-state index >= 15 is 0 Å². The molecule has 0 saturated heterocycles. The molecular formula is C14H17ClIN3. The molecule has 3 nitrogen and oxygen atoms in total. The third kappa shape index (κ3) is 3.42. The van der Waals surface area contributed by atoms with Crippen molar-refractivity contribution < 1.29 is 0 Å². The van der Waals surface area contributed by atoms with E-state index in [1.807, 2.05) is 24.3 Å². The maximum Gasteiger partial charge on any atom is 0.141 e. The third-order valence-corrected chi connectivity index (χ3v) is 4.09. The van der Waals surface area contributed by atoms with Crippen LogP contribution in [0.4, 0.5) is 5.82 Å². The van der Waals surface area contributed by atoms with E-state index in [-0.39, 0.29) is 5.41 Å². The molecule has 2 aromatic rings. The van der Waals surface area contributed by atoms with Crippen LogP contribution >= 0.6 is 34.2 Å². The molecule has 5 heteroatoms. The van der Waals surface area contributed by atoms with Crippen LogP contribution in [-0.4, -0.2) is 9.78 Å². The number of nitrogen functional groups attached to an aromatic ring is 1. The second-order valence-electron chi connectivity index (χ2n) is 5.78. The normalized spacial score (nSPS) is 11.8. The molecule has 0 atom stereocenters. The highest BCUT2D eigenvalue weighted by Crippen LogP contribution is 2.28. The van der Waals surface area contributed by atoms with E-state index in [4.69, 9.17) is 17.3 Å². The van der Waals surface area contributed by atoms with Crippen molar-refractivity contribution in [3.8, 4) is 5.69 Å². The summed E-state index contributed by atoms with van der Waals surface area (Å²) < 4.78 is 2.78. The lowest BCUT2D eigenvalue weighted by Gasteiger charge is -2.16. The van der Waals surface area contributed by atoms with Crippen LogP contribution in [0.25, 0.3) is 5.69 Å². The van der Waals surface area contributed by atoms with Gasteiger partial charge in [-0.1, -0.05) is 38.4 Å². The molecule has 0 amide bonds. The molecule has 0 aliphatic heterocycles. The summed E-state index contributed by atoms with van der Waals surface area (Å²) in [6.45, 7) is 6.58. The molecule has 0 saturated carbocycles. The average Bonchev–Trinajstić information content (AvgIpc) is 2.55. The van der Waals surface area contributed by atoms with Crippen molar-refractivity contribution in [2.24, 2.45) is 5.41 Å². The van der Waals surface area contributed by atoms with Gasteiger partial charge in [-0.25, -0.2) is 4.68 Å². The molecule has 0 radical (unpaired) electrons. The topological polar surface area (TPSA) is 43.8 Å². The van der Waals surface area contributed by atoms with Crippen LogP contribution in [0.2, 0.25) is 5.02 Å². The van der Waals surface area contributed by atoms with Gasteiger partial charge in [0.15, 0.2) is 0 Å². The second-order valence-corrected chi connectivity index (χ2v) is 7.29. The van der Waals surface area contributed by atoms with Gasteiger partial charge in [0.05, 0.1) is 15.0 Å². The zero-order chi connectivity index (χ0) is 14.2. The minimum atomic E-state index is 0.180. The molecule has 0 fully saturated rings. The van der Waals surface area contributed by atoms with E-state index in [2.05, 4.69) is 48.5 Å². The van der Waals surface area contributed by atoms with Gasteiger partial charge in [0.2, 0.25) is 0 Å². The fourth-order valence-corrected chi connectivity index (χ4v) is 2.59. The van der Waals surface area contributed by atoms with Crippen molar-refractivity contribution in [3.05, 3.63) is 38.6 Å². The quantitative estimate of drug-likeness (QED) is 0.778. The first-order chi connectivity index (χ1) is 8.78. The summed E-state index contributed by atoms with van der Waals surface area (Å²) in [4.78, 5) is 0. The minimum absolute atomic E-state index is 0.180. The number of halogens is 2. The van der Waals surface area contributed by atoms with Gasteiger partial charge in [-0.2, -0.15) is 5.10 Å². The Kier molecular flexibility index (Phi) is 4.11. The van der Waals surface area contributed by atoms with Crippen LogP contribution in [0, 0.1) is 8.99 Å². The van der Waals surface area contributed by atoms with Crippen molar-refractivity contribution in [1.29, 1.82) is 0 Å². The minimum Gasteiger partial charge on any atom is -0.383 e. The van der Waals surface area contributed by atoms with Gasteiger partial charge in [-0.3, -0.25) is 0 Å². The molecule has 0 aliphatic carbocycles. The zero-order valence-electron chi connectivity index (χ0n) is 11.2. The lowest BCUT2D eigenvalue weighted by atomic mass is 9.91. The van der Waals surface area contributed by atoms with E-state index < -0.39 is 0 Å². The Hall–Kier alpha value is -0.750. The first-order valence-electron chi connectivity index (χ1n) is 6.07. The smallest absolute Gasteiger partial charge is 0.141 e. The summed E-state index contributed by atoms with van der Waals surface area (Å²) in [7, 11) is 0. The Balaban J connectivity index is 2.46. The molecule has 19 heavy (non-hydrogen) atoms. The summed E-state index contributed by atoms with van der Waals surface area (Å²) >= 11 is 8.28. The Morgan fingerprint density at radius 3 is 2.63 bits per heavy atom. The van der Waals surface area contributed by atoms with E-state index in [0.717, 1.165) is 21.4 Å². The van der Waals surface area contributed by atoms with Gasteiger partial charge in [-0.05, 0) is 52.6 Å². The number of hydrogen-bond donors (Lipinski definition) is 1. The third-order valence-electron chi connectivity index (χ3n) is 2.68. The average molecular weight is 390 g/mol. The monoisotopic (exact) mass is 389 g/mol. The highest BCUT2D eigenvalue weighted by atomic mass is 127. The van der Waals surface area contributed by atoms with Gasteiger partial charge < -0.3 is 5.73 Å². The zero-order valence-corrected chi connectivity index (χ0v) is 14.2. The van der Waals surface area contributed by atoms with Gasteiger partial charge in [0.1, 0.15) is 5.82 Å². The van der Waals surface area contributed by atoms with Crippen LogP contribution in [0.3, 0.4) is 0 Å². The largest absolute Gasteiger partial charge is 0.383 e. The molecule has 1 aromatic carbocycles. The number of hydrogen-bond acceptors (Lipinski definition) is 2. The molecule has 102 valence electrons. The van der Waals surface area contributed by atoms with Crippen LogP contribution in [0.1, 0.15) is 26.5 Å². The van der Waals surface area contributed by atoms with Crippen LogP contribution in [0.15, 0.2) is 24.3 Å². The first kappa shape index (κ1) is 14.7. The summed E-state index contributed by atoms with van der Waals surface area (Å²) in [5.41, 5.74) is 8.26. The predicted molar refractivity (Wildman–Crippen MR) is 88.9 cm³/mol. The molecule has 0 spiro atoms. The Morgan fingerprint density at radius 1 is 1.37 bits per heavy atom. The lowest BCUT2D eigenvalue weighted by molar-refractivity contribution is 0.404. The number of nitrogens with zero attached hydrogens (tertiary/aromatic N) is 2. The molecule has 1 heterocycles. The maximum atomic E-state index is 6.15. The first-order valence-corrected chi connectivity index (χ1v) is 7.52. The standard InChI is InChI=1S/C14H17ClIN3/c1-14(2,3)8-11-12(16)13(17)19(18-11)10-6-4-5-9(15)7-10/h4-7H,8,17H2,1-3H3. The van der Waals surface area contributed by atoms with E-state index in [9.17, 15) is 0 Å². The lowest BCUT2D eigenvalue weighted by Crippen LogP contribution is -2.10. The van der Waals surface area contributed by atoms with Crippen molar-refractivity contribution in [2.45, 2.75) is 27.2 Å². The van der Waals surface area contributed by atoms with Crippen LogP contribution in [-0.2, 0) is 6.42 Å². The molecular weight excluding hydrogens is 373 g/mol. The van der Waals surface area contributed by atoms with Crippen molar-refractivity contribution in [3.63, 3.8) is 0 Å². The van der Waals surface area contributed by atoms with Crippen LogP contribution in [0.5, 0.6) is 0 Å². The van der Waals surface area contributed by atoms with Gasteiger partial charge in [0, 0.05) is 5.02 Å². The molecule has 1 aromatic heterocycles. The number of rotatable bonds is 2. The summed E-state index contributed by atoms with van der Waals surface area (Å²) in [6.07, 6.45) is 0.892.